The van der Waals surface area contributed by atoms with Crippen molar-refractivity contribution in [2.24, 2.45) is 5.73 Å². The standard InChI is InChI=1S/C13H21N3O/c1-9-7-16(8-10(2)17-9)13-6-12(11(3)14)4-5-15-13/h4-6,9-11H,7-8,14H2,1-3H3. The van der Waals surface area contributed by atoms with Crippen molar-refractivity contribution in [3.05, 3.63) is 23.9 Å². The van der Waals surface area contributed by atoms with Gasteiger partial charge in [-0.15, -0.1) is 0 Å². The number of rotatable bonds is 2. The van der Waals surface area contributed by atoms with Crippen molar-refractivity contribution in [2.75, 3.05) is 18.0 Å². The Bertz CT molecular complexity index is 371. The zero-order valence-corrected chi connectivity index (χ0v) is 10.8. The van der Waals surface area contributed by atoms with E-state index >= 15 is 0 Å². The van der Waals surface area contributed by atoms with Crippen molar-refractivity contribution in [2.45, 2.75) is 39.0 Å². The minimum Gasteiger partial charge on any atom is -0.372 e. The molecule has 3 atom stereocenters. The fourth-order valence-electron chi connectivity index (χ4n) is 2.26. The summed E-state index contributed by atoms with van der Waals surface area (Å²) >= 11 is 0. The van der Waals surface area contributed by atoms with Crippen molar-refractivity contribution in [1.29, 1.82) is 0 Å². The molecular formula is C13H21N3O. The predicted molar refractivity (Wildman–Crippen MR) is 69.1 cm³/mol. The van der Waals surface area contributed by atoms with Crippen LogP contribution in [0.5, 0.6) is 0 Å². The first-order valence-corrected chi connectivity index (χ1v) is 6.18. The number of ether oxygens (including phenoxy) is 1. The van der Waals surface area contributed by atoms with Gasteiger partial charge in [0.05, 0.1) is 12.2 Å². The van der Waals surface area contributed by atoms with Crippen LogP contribution in [-0.2, 0) is 4.74 Å². The summed E-state index contributed by atoms with van der Waals surface area (Å²) in [4.78, 5) is 6.70. The van der Waals surface area contributed by atoms with Crippen molar-refractivity contribution in [1.82, 2.24) is 4.98 Å². The van der Waals surface area contributed by atoms with Gasteiger partial charge in [-0.05, 0) is 38.5 Å². The number of nitrogens with zero attached hydrogens (tertiary/aromatic N) is 2. The molecule has 0 aliphatic carbocycles. The summed E-state index contributed by atoms with van der Waals surface area (Å²) in [6, 6.07) is 4.10. The normalized spacial score (nSPS) is 26.9. The number of aromatic nitrogens is 1. The summed E-state index contributed by atoms with van der Waals surface area (Å²) in [6.45, 7) is 7.96. The second kappa shape index (κ2) is 5.02. The molecule has 94 valence electrons. The zero-order chi connectivity index (χ0) is 12.4. The molecule has 1 aliphatic rings. The molecule has 1 saturated heterocycles. The smallest absolute Gasteiger partial charge is 0.128 e. The zero-order valence-electron chi connectivity index (χ0n) is 10.8. The predicted octanol–water partition coefficient (Wildman–Crippen LogP) is 1.71. The van der Waals surface area contributed by atoms with Gasteiger partial charge in [0.2, 0.25) is 0 Å². The Morgan fingerprint density at radius 2 is 2.06 bits per heavy atom. The van der Waals surface area contributed by atoms with Crippen molar-refractivity contribution < 1.29 is 4.74 Å². The lowest BCUT2D eigenvalue weighted by Gasteiger charge is -2.36. The maximum atomic E-state index is 5.90. The molecule has 4 nitrogen and oxygen atoms in total. The average molecular weight is 235 g/mol. The van der Waals surface area contributed by atoms with Gasteiger partial charge < -0.3 is 15.4 Å². The van der Waals surface area contributed by atoms with Gasteiger partial charge in [-0.25, -0.2) is 4.98 Å². The maximum Gasteiger partial charge on any atom is 0.128 e. The highest BCUT2D eigenvalue weighted by Crippen LogP contribution is 2.20. The molecule has 1 aromatic rings. The van der Waals surface area contributed by atoms with Crippen LogP contribution in [0.4, 0.5) is 5.82 Å². The SMILES string of the molecule is CC1CN(c2cc(C(C)N)ccn2)CC(C)O1. The van der Waals surface area contributed by atoms with E-state index in [4.69, 9.17) is 10.5 Å². The van der Waals surface area contributed by atoms with Crippen LogP contribution in [-0.4, -0.2) is 30.3 Å². The summed E-state index contributed by atoms with van der Waals surface area (Å²) in [5, 5.41) is 0. The Morgan fingerprint density at radius 1 is 1.41 bits per heavy atom. The van der Waals surface area contributed by atoms with Crippen LogP contribution in [0.3, 0.4) is 0 Å². The molecule has 0 bridgehead atoms. The molecule has 0 saturated carbocycles. The van der Waals surface area contributed by atoms with E-state index in [9.17, 15) is 0 Å². The molecule has 0 amide bonds. The highest BCUT2D eigenvalue weighted by molar-refractivity contribution is 5.42. The number of anilines is 1. The number of nitrogens with two attached hydrogens (primary N) is 1. The fraction of sp³-hybridized carbons (Fsp3) is 0.615. The number of hydrogen-bond acceptors (Lipinski definition) is 4. The summed E-state index contributed by atoms with van der Waals surface area (Å²) in [5.41, 5.74) is 7.02. The molecule has 2 heterocycles. The summed E-state index contributed by atoms with van der Waals surface area (Å²) < 4.78 is 5.72. The third-order valence-corrected chi connectivity index (χ3v) is 3.04. The van der Waals surface area contributed by atoms with Gasteiger partial charge in [-0.2, -0.15) is 0 Å². The Morgan fingerprint density at radius 3 is 2.65 bits per heavy atom. The Hall–Kier alpha value is -1.13. The third-order valence-electron chi connectivity index (χ3n) is 3.04. The lowest BCUT2D eigenvalue weighted by atomic mass is 10.1. The third kappa shape index (κ3) is 2.96. The lowest BCUT2D eigenvalue weighted by Crippen LogP contribution is -2.45. The first-order chi connectivity index (χ1) is 8.06. The van der Waals surface area contributed by atoms with Crippen molar-refractivity contribution >= 4 is 5.82 Å². The molecule has 0 aromatic carbocycles. The van der Waals surface area contributed by atoms with Gasteiger partial charge in [0.25, 0.3) is 0 Å². The van der Waals surface area contributed by atoms with Gasteiger partial charge in [0, 0.05) is 25.3 Å². The number of hydrogen-bond donors (Lipinski definition) is 1. The first kappa shape index (κ1) is 12.3. The molecule has 2 N–H and O–H groups in total. The average Bonchev–Trinajstić information content (AvgIpc) is 2.28. The molecule has 4 heteroatoms. The quantitative estimate of drug-likeness (QED) is 0.848. The minimum absolute atomic E-state index is 0.0487. The van der Waals surface area contributed by atoms with Crippen LogP contribution in [0, 0.1) is 0 Å². The van der Waals surface area contributed by atoms with E-state index in [1.54, 1.807) is 0 Å². The second-order valence-corrected chi connectivity index (χ2v) is 4.90. The minimum atomic E-state index is 0.0487. The first-order valence-electron chi connectivity index (χ1n) is 6.18. The van der Waals surface area contributed by atoms with E-state index in [-0.39, 0.29) is 18.2 Å². The van der Waals surface area contributed by atoms with Crippen LogP contribution in [0.25, 0.3) is 0 Å². The monoisotopic (exact) mass is 235 g/mol. The van der Waals surface area contributed by atoms with E-state index in [2.05, 4.69) is 29.8 Å². The summed E-state index contributed by atoms with van der Waals surface area (Å²) in [5.74, 6) is 1.00. The molecular weight excluding hydrogens is 214 g/mol. The Kier molecular flexibility index (Phi) is 3.64. The van der Waals surface area contributed by atoms with E-state index < -0.39 is 0 Å². The number of pyridine rings is 1. The molecule has 17 heavy (non-hydrogen) atoms. The lowest BCUT2D eigenvalue weighted by molar-refractivity contribution is -0.00546. The summed E-state index contributed by atoms with van der Waals surface area (Å²) in [7, 11) is 0. The van der Waals surface area contributed by atoms with E-state index in [1.807, 2.05) is 19.2 Å². The highest BCUT2D eigenvalue weighted by atomic mass is 16.5. The largest absolute Gasteiger partial charge is 0.372 e. The molecule has 1 aliphatic heterocycles. The Labute approximate surface area is 103 Å². The van der Waals surface area contributed by atoms with Crippen molar-refractivity contribution in [3.63, 3.8) is 0 Å². The molecule has 3 unspecified atom stereocenters. The van der Waals surface area contributed by atoms with Crippen LogP contribution < -0.4 is 10.6 Å². The highest BCUT2D eigenvalue weighted by Gasteiger charge is 2.23. The molecule has 0 radical (unpaired) electrons. The molecule has 2 rings (SSSR count). The van der Waals surface area contributed by atoms with Crippen LogP contribution in [0.1, 0.15) is 32.4 Å². The van der Waals surface area contributed by atoms with Crippen LogP contribution in [0.15, 0.2) is 18.3 Å². The maximum absolute atomic E-state index is 5.90. The van der Waals surface area contributed by atoms with Gasteiger partial charge >= 0.3 is 0 Å². The van der Waals surface area contributed by atoms with E-state index in [0.29, 0.717) is 0 Å². The summed E-state index contributed by atoms with van der Waals surface area (Å²) in [6.07, 6.45) is 2.33. The van der Waals surface area contributed by atoms with Gasteiger partial charge in [-0.3, -0.25) is 0 Å². The van der Waals surface area contributed by atoms with Gasteiger partial charge in [0.15, 0.2) is 0 Å². The van der Waals surface area contributed by atoms with E-state index in [1.165, 1.54) is 0 Å². The van der Waals surface area contributed by atoms with Crippen LogP contribution in [0.2, 0.25) is 0 Å². The molecule has 1 aromatic heterocycles. The number of morpholine rings is 1. The topological polar surface area (TPSA) is 51.4 Å². The second-order valence-electron chi connectivity index (χ2n) is 4.90. The fourth-order valence-corrected chi connectivity index (χ4v) is 2.26. The Balaban J connectivity index is 2.18. The van der Waals surface area contributed by atoms with Crippen LogP contribution >= 0.6 is 0 Å². The van der Waals surface area contributed by atoms with E-state index in [0.717, 1.165) is 24.5 Å². The van der Waals surface area contributed by atoms with Gasteiger partial charge in [0.1, 0.15) is 5.82 Å². The van der Waals surface area contributed by atoms with Crippen molar-refractivity contribution in [3.8, 4) is 0 Å². The van der Waals surface area contributed by atoms with Gasteiger partial charge in [-0.1, -0.05) is 0 Å². The molecule has 0 spiro atoms. The molecule has 1 fully saturated rings.